The first-order valence-corrected chi connectivity index (χ1v) is 31.3. The van der Waals surface area contributed by atoms with Crippen molar-refractivity contribution < 1.29 is 42.1 Å². The second-order valence-corrected chi connectivity index (χ2v) is 22.5. The van der Waals surface area contributed by atoms with E-state index in [4.69, 9.17) is 18.5 Å². The molecule has 10 heteroatoms. The van der Waals surface area contributed by atoms with E-state index in [-0.39, 0.29) is 32.0 Å². The number of unbranched alkanes of at least 4 members (excludes halogenated alkanes) is 26. The summed E-state index contributed by atoms with van der Waals surface area (Å²) in [4.78, 5) is 35.4. The molecule has 2 atom stereocenters. The van der Waals surface area contributed by atoms with Crippen LogP contribution in [0.15, 0.2) is 85.1 Å². The molecular weight excluding hydrogens is 930 g/mol. The van der Waals surface area contributed by atoms with Crippen molar-refractivity contribution in [3.8, 4) is 0 Å². The molecular formula is C63H113NO8P+. The Morgan fingerprint density at radius 1 is 0.438 bits per heavy atom. The summed E-state index contributed by atoms with van der Waals surface area (Å²) in [7, 11) is 1.48. The summed E-state index contributed by atoms with van der Waals surface area (Å²) < 4.78 is 34.4. The first-order valence-electron chi connectivity index (χ1n) is 29.8. The second-order valence-electron chi connectivity index (χ2n) is 21.0. The fourth-order valence-electron chi connectivity index (χ4n) is 8.11. The van der Waals surface area contributed by atoms with Crippen molar-refractivity contribution in [3.63, 3.8) is 0 Å². The average molecular weight is 1040 g/mol. The summed E-state index contributed by atoms with van der Waals surface area (Å²) in [6.45, 7) is 4.29. The van der Waals surface area contributed by atoms with E-state index >= 15 is 0 Å². The highest BCUT2D eigenvalue weighted by molar-refractivity contribution is 7.47. The highest BCUT2D eigenvalue weighted by Gasteiger charge is 2.27. The van der Waals surface area contributed by atoms with E-state index in [1.165, 1.54) is 141 Å². The molecule has 0 aliphatic carbocycles. The number of hydrogen-bond donors (Lipinski definition) is 1. The average Bonchev–Trinajstić information content (AvgIpc) is 3.35. The van der Waals surface area contributed by atoms with E-state index in [2.05, 4.69) is 98.9 Å². The molecule has 422 valence electrons. The molecule has 0 aromatic heterocycles. The van der Waals surface area contributed by atoms with Gasteiger partial charge in [-0.15, -0.1) is 0 Å². The van der Waals surface area contributed by atoms with Crippen LogP contribution in [0.5, 0.6) is 0 Å². The van der Waals surface area contributed by atoms with Gasteiger partial charge < -0.3 is 18.9 Å². The van der Waals surface area contributed by atoms with E-state index in [0.29, 0.717) is 17.4 Å². The Morgan fingerprint density at radius 3 is 1.16 bits per heavy atom. The standard InChI is InChI=1S/C63H112NO8P/c1-6-8-10-12-14-16-17-18-19-20-21-22-23-24-25-26-27-28-29-30-31-32-33-34-35-36-37-38-39-40-41-42-43-44-45-46-47-48-50-52-54-56-63(66)72-61(60-71-73(67,68)70-58-57-64(3,4)5)59-69-62(65)55-53-51-49-15-13-11-9-7-2/h8,10,14,16,18-19,21-22,24-25,27-28,30-31,61H,6-7,9,11-13,15,17,20,23,26,29,32-60H2,1-5H3/p+1/b10-8-,16-14-,19-18-,22-21-,25-24-,28-27-,31-30-. The molecule has 0 aromatic carbocycles. The predicted octanol–water partition coefficient (Wildman–Crippen LogP) is 18.6. The minimum atomic E-state index is -4.37. The minimum absolute atomic E-state index is 0.0320. The Bertz CT molecular complexity index is 1510. The van der Waals surface area contributed by atoms with Crippen LogP contribution in [0.2, 0.25) is 0 Å². The molecule has 0 aliphatic rings. The van der Waals surface area contributed by atoms with Crippen molar-refractivity contribution >= 4 is 19.8 Å². The van der Waals surface area contributed by atoms with Crippen LogP contribution in [-0.4, -0.2) is 74.9 Å². The molecule has 0 aromatic rings. The van der Waals surface area contributed by atoms with Crippen LogP contribution in [0.1, 0.15) is 251 Å². The van der Waals surface area contributed by atoms with E-state index in [9.17, 15) is 19.0 Å². The first kappa shape index (κ1) is 70.2. The summed E-state index contributed by atoms with van der Waals surface area (Å²) in [5.74, 6) is -0.796. The molecule has 0 spiro atoms. The van der Waals surface area contributed by atoms with Crippen molar-refractivity contribution in [3.05, 3.63) is 85.1 Å². The summed E-state index contributed by atoms with van der Waals surface area (Å²) in [6.07, 6.45) is 72.7. The van der Waals surface area contributed by atoms with Gasteiger partial charge in [0.1, 0.15) is 19.8 Å². The number of phosphoric ester groups is 1. The largest absolute Gasteiger partial charge is 0.472 e. The Labute approximate surface area is 450 Å². The zero-order chi connectivity index (χ0) is 53.5. The van der Waals surface area contributed by atoms with Crippen molar-refractivity contribution in [2.24, 2.45) is 0 Å². The number of likely N-dealkylation sites (N-methyl/N-ethyl adjacent to an activating group) is 1. The lowest BCUT2D eigenvalue weighted by molar-refractivity contribution is -0.870. The Hall–Kier alpha value is -2.81. The van der Waals surface area contributed by atoms with Gasteiger partial charge in [-0.3, -0.25) is 18.6 Å². The molecule has 0 bridgehead atoms. The fourth-order valence-corrected chi connectivity index (χ4v) is 8.86. The van der Waals surface area contributed by atoms with E-state index in [1.54, 1.807) is 0 Å². The highest BCUT2D eigenvalue weighted by atomic mass is 31.2. The zero-order valence-electron chi connectivity index (χ0n) is 47.9. The predicted molar refractivity (Wildman–Crippen MR) is 312 cm³/mol. The third-order valence-corrected chi connectivity index (χ3v) is 13.7. The number of ether oxygens (including phenoxy) is 2. The molecule has 0 heterocycles. The van der Waals surface area contributed by atoms with Gasteiger partial charge >= 0.3 is 19.8 Å². The van der Waals surface area contributed by atoms with Crippen LogP contribution >= 0.6 is 7.82 Å². The molecule has 9 nitrogen and oxygen atoms in total. The van der Waals surface area contributed by atoms with Crippen LogP contribution in [0.4, 0.5) is 0 Å². The summed E-state index contributed by atoms with van der Waals surface area (Å²) in [6, 6.07) is 0. The quantitative estimate of drug-likeness (QED) is 0.0211. The maximum Gasteiger partial charge on any atom is 0.472 e. The van der Waals surface area contributed by atoms with Crippen molar-refractivity contribution in [1.82, 2.24) is 0 Å². The fraction of sp³-hybridized carbons (Fsp3) is 0.746. The number of phosphoric acid groups is 1. The van der Waals surface area contributed by atoms with Gasteiger partial charge in [0, 0.05) is 12.8 Å². The lowest BCUT2D eigenvalue weighted by Crippen LogP contribution is -2.37. The van der Waals surface area contributed by atoms with Crippen LogP contribution in [0.25, 0.3) is 0 Å². The van der Waals surface area contributed by atoms with Gasteiger partial charge in [0.2, 0.25) is 0 Å². The Morgan fingerprint density at radius 2 is 0.781 bits per heavy atom. The van der Waals surface area contributed by atoms with Gasteiger partial charge in [0.15, 0.2) is 6.10 Å². The van der Waals surface area contributed by atoms with Gasteiger partial charge in [-0.25, -0.2) is 4.57 Å². The lowest BCUT2D eigenvalue weighted by Gasteiger charge is -2.24. The monoisotopic (exact) mass is 1040 g/mol. The van der Waals surface area contributed by atoms with E-state index < -0.39 is 26.5 Å². The Kier molecular flexibility index (Phi) is 51.9. The number of carbonyl (C=O) groups is 2. The van der Waals surface area contributed by atoms with Gasteiger partial charge in [-0.1, -0.05) is 253 Å². The summed E-state index contributed by atoms with van der Waals surface area (Å²) in [5.41, 5.74) is 0. The maximum atomic E-state index is 12.7. The van der Waals surface area contributed by atoms with Crippen LogP contribution in [0.3, 0.4) is 0 Å². The third-order valence-electron chi connectivity index (χ3n) is 12.7. The normalized spacial score (nSPS) is 13.9. The molecule has 0 saturated heterocycles. The van der Waals surface area contributed by atoms with Crippen LogP contribution in [0, 0.1) is 0 Å². The van der Waals surface area contributed by atoms with E-state index in [0.717, 1.165) is 77.0 Å². The highest BCUT2D eigenvalue weighted by Crippen LogP contribution is 2.43. The topological polar surface area (TPSA) is 108 Å². The zero-order valence-corrected chi connectivity index (χ0v) is 48.7. The number of carbonyl (C=O) groups excluding carboxylic acids is 2. The van der Waals surface area contributed by atoms with Gasteiger partial charge in [0.25, 0.3) is 0 Å². The lowest BCUT2D eigenvalue weighted by atomic mass is 10.0. The van der Waals surface area contributed by atoms with Crippen LogP contribution in [-0.2, 0) is 32.7 Å². The van der Waals surface area contributed by atoms with Crippen molar-refractivity contribution in [2.45, 2.75) is 258 Å². The molecule has 0 amide bonds. The number of allylic oxidation sites excluding steroid dienone is 14. The molecule has 0 fully saturated rings. The van der Waals surface area contributed by atoms with Gasteiger partial charge in [-0.2, -0.15) is 0 Å². The molecule has 0 radical (unpaired) electrons. The van der Waals surface area contributed by atoms with Crippen molar-refractivity contribution in [2.75, 3.05) is 47.5 Å². The first-order chi connectivity index (χ1) is 35.5. The van der Waals surface area contributed by atoms with Gasteiger partial charge in [0.05, 0.1) is 27.7 Å². The second kappa shape index (κ2) is 54.0. The number of rotatable bonds is 54. The maximum absolute atomic E-state index is 12.7. The number of hydrogen-bond acceptors (Lipinski definition) is 7. The molecule has 0 aliphatic heterocycles. The SMILES string of the molecule is CC/C=C\C/C=C\C/C=C\C/C=C\C/C=C\C/C=C\C/C=C\CCCCCCCCCCCCCCCCCCCCCC(=O)OC(COC(=O)CCCCCCCCCC)COP(=O)(O)OCC[N+](C)(C)C. The number of quaternary nitrogens is 1. The van der Waals surface area contributed by atoms with Crippen molar-refractivity contribution in [1.29, 1.82) is 0 Å². The summed E-state index contributed by atoms with van der Waals surface area (Å²) >= 11 is 0. The molecule has 73 heavy (non-hydrogen) atoms. The number of nitrogens with zero attached hydrogens (tertiary/aromatic N) is 1. The minimum Gasteiger partial charge on any atom is -0.462 e. The molecule has 0 saturated carbocycles. The van der Waals surface area contributed by atoms with Gasteiger partial charge in [-0.05, 0) is 70.6 Å². The molecule has 0 rings (SSSR count). The molecule has 2 unspecified atom stereocenters. The third kappa shape index (κ3) is 58.3. The molecule has 1 N–H and O–H groups in total. The van der Waals surface area contributed by atoms with Crippen LogP contribution < -0.4 is 0 Å². The smallest absolute Gasteiger partial charge is 0.462 e. The summed E-state index contributed by atoms with van der Waals surface area (Å²) in [5, 5.41) is 0. The Balaban J connectivity index is 3.85. The number of esters is 2. The van der Waals surface area contributed by atoms with E-state index in [1.807, 2.05) is 21.1 Å².